The molecule has 1 unspecified atom stereocenters. The first-order valence-corrected chi connectivity index (χ1v) is 10.4. The van der Waals surface area contributed by atoms with Crippen molar-refractivity contribution in [2.45, 2.75) is 25.8 Å². The first-order valence-electron chi connectivity index (χ1n) is 10.4. The third-order valence-corrected chi connectivity index (χ3v) is 5.37. The molecule has 162 valence electrons. The highest BCUT2D eigenvalue weighted by molar-refractivity contribution is 5.85. The molecule has 1 aliphatic rings. The summed E-state index contributed by atoms with van der Waals surface area (Å²) in [5, 5.41) is 3.88. The van der Waals surface area contributed by atoms with Gasteiger partial charge in [-0.2, -0.15) is 0 Å². The second-order valence-electron chi connectivity index (χ2n) is 7.57. The number of carbonyl (C=O) groups is 1. The van der Waals surface area contributed by atoms with Gasteiger partial charge in [0.2, 0.25) is 5.91 Å². The molecular formula is C24H26N2O5. The first kappa shape index (κ1) is 20.8. The minimum atomic E-state index is -0.148. The van der Waals surface area contributed by atoms with Gasteiger partial charge >= 0.3 is 0 Å². The Balaban J connectivity index is 1.30. The van der Waals surface area contributed by atoms with Crippen molar-refractivity contribution in [3.8, 4) is 17.2 Å². The first-order chi connectivity index (χ1) is 15.0. The SMILES string of the molecule is CC(NC(=O)CCCOc1cc(=O)n(C)c2ccccc12)c1ccc2c(c1)OCCO2. The molecule has 0 radical (unpaired) electrons. The van der Waals surface area contributed by atoms with E-state index < -0.39 is 0 Å². The number of nitrogens with zero attached hydrogens (tertiary/aromatic N) is 1. The molecule has 7 nitrogen and oxygen atoms in total. The van der Waals surface area contributed by atoms with Crippen LogP contribution in [-0.2, 0) is 11.8 Å². The third kappa shape index (κ3) is 4.66. The van der Waals surface area contributed by atoms with Crippen LogP contribution in [0.3, 0.4) is 0 Å². The molecule has 0 saturated heterocycles. The Labute approximate surface area is 180 Å². The highest BCUT2D eigenvalue weighted by Crippen LogP contribution is 2.32. The van der Waals surface area contributed by atoms with E-state index in [4.69, 9.17) is 14.2 Å². The maximum atomic E-state index is 12.4. The lowest BCUT2D eigenvalue weighted by molar-refractivity contribution is -0.121. The van der Waals surface area contributed by atoms with Crippen molar-refractivity contribution in [3.05, 3.63) is 64.4 Å². The van der Waals surface area contributed by atoms with Crippen LogP contribution >= 0.6 is 0 Å². The largest absolute Gasteiger partial charge is 0.493 e. The molecule has 2 heterocycles. The zero-order chi connectivity index (χ0) is 21.8. The molecule has 4 rings (SSSR count). The average molecular weight is 422 g/mol. The molecule has 1 atom stereocenters. The molecule has 1 amide bonds. The van der Waals surface area contributed by atoms with Crippen molar-refractivity contribution in [2.75, 3.05) is 19.8 Å². The van der Waals surface area contributed by atoms with Gasteiger partial charge in [-0.05, 0) is 43.2 Å². The summed E-state index contributed by atoms with van der Waals surface area (Å²) in [7, 11) is 1.74. The second kappa shape index (κ2) is 9.12. The molecule has 0 saturated carbocycles. The van der Waals surface area contributed by atoms with Crippen LogP contribution in [-0.4, -0.2) is 30.3 Å². The predicted molar refractivity (Wildman–Crippen MR) is 118 cm³/mol. The van der Waals surface area contributed by atoms with E-state index >= 15 is 0 Å². The molecular weight excluding hydrogens is 396 g/mol. The van der Waals surface area contributed by atoms with Crippen LogP contribution in [0.1, 0.15) is 31.4 Å². The number of fused-ring (bicyclic) bond motifs is 2. The standard InChI is InChI=1S/C24H26N2O5/c1-16(17-9-10-20-22(14-17)31-13-12-30-20)25-23(27)8-5-11-29-21-15-24(28)26(2)19-7-4-3-6-18(19)21/h3-4,6-7,9-10,14-16H,5,8,11-13H2,1-2H3,(H,25,27). The number of hydrogen-bond acceptors (Lipinski definition) is 5. The summed E-state index contributed by atoms with van der Waals surface area (Å²) < 4.78 is 18.6. The van der Waals surface area contributed by atoms with Gasteiger partial charge in [0.05, 0.1) is 18.2 Å². The highest BCUT2D eigenvalue weighted by atomic mass is 16.6. The van der Waals surface area contributed by atoms with Gasteiger partial charge < -0.3 is 24.1 Å². The lowest BCUT2D eigenvalue weighted by Crippen LogP contribution is -2.27. The van der Waals surface area contributed by atoms with Crippen LogP contribution in [0.25, 0.3) is 10.9 Å². The molecule has 0 aliphatic carbocycles. The minimum absolute atomic E-state index is 0.0557. The number of ether oxygens (including phenoxy) is 3. The lowest BCUT2D eigenvalue weighted by Gasteiger charge is -2.21. The maximum absolute atomic E-state index is 12.4. The smallest absolute Gasteiger partial charge is 0.254 e. The summed E-state index contributed by atoms with van der Waals surface area (Å²) in [4.78, 5) is 24.5. The van der Waals surface area contributed by atoms with E-state index in [0.717, 1.165) is 22.2 Å². The Morgan fingerprint density at radius 2 is 1.90 bits per heavy atom. The van der Waals surface area contributed by atoms with Gasteiger partial charge in [-0.1, -0.05) is 18.2 Å². The molecule has 2 aromatic carbocycles. The van der Waals surface area contributed by atoms with E-state index in [1.54, 1.807) is 11.6 Å². The molecule has 3 aromatic rings. The van der Waals surface area contributed by atoms with Crippen LogP contribution in [0, 0.1) is 0 Å². The van der Waals surface area contributed by atoms with Gasteiger partial charge in [0.15, 0.2) is 11.5 Å². The molecule has 0 bridgehead atoms. The van der Waals surface area contributed by atoms with Crippen molar-refractivity contribution < 1.29 is 19.0 Å². The van der Waals surface area contributed by atoms with E-state index in [2.05, 4.69) is 5.32 Å². The average Bonchev–Trinajstić information content (AvgIpc) is 2.79. The molecule has 1 aliphatic heterocycles. The van der Waals surface area contributed by atoms with Crippen molar-refractivity contribution in [1.82, 2.24) is 9.88 Å². The summed E-state index contributed by atoms with van der Waals surface area (Å²) in [6.45, 7) is 3.36. The van der Waals surface area contributed by atoms with E-state index in [1.807, 2.05) is 49.4 Å². The van der Waals surface area contributed by atoms with Crippen molar-refractivity contribution >= 4 is 16.8 Å². The number of carbonyl (C=O) groups excluding carboxylic acids is 1. The lowest BCUT2D eigenvalue weighted by atomic mass is 10.1. The summed E-state index contributed by atoms with van der Waals surface area (Å²) >= 11 is 0. The van der Waals surface area contributed by atoms with E-state index in [9.17, 15) is 9.59 Å². The van der Waals surface area contributed by atoms with Crippen molar-refractivity contribution in [2.24, 2.45) is 7.05 Å². The number of aryl methyl sites for hydroxylation is 1. The van der Waals surface area contributed by atoms with Crippen LogP contribution < -0.4 is 25.1 Å². The summed E-state index contributed by atoms with van der Waals surface area (Å²) in [5.41, 5.74) is 1.65. The number of amides is 1. The number of nitrogens with one attached hydrogen (secondary N) is 1. The number of pyridine rings is 1. The summed E-state index contributed by atoms with van der Waals surface area (Å²) in [5.74, 6) is 1.93. The van der Waals surface area contributed by atoms with E-state index in [1.165, 1.54) is 6.07 Å². The number of para-hydroxylation sites is 1. The van der Waals surface area contributed by atoms with Crippen LogP contribution in [0.15, 0.2) is 53.3 Å². The summed E-state index contributed by atoms with van der Waals surface area (Å²) in [6.07, 6.45) is 0.876. The molecule has 0 spiro atoms. The Morgan fingerprint density at radius 1 is 1.13 bits per heavy atom. The van der Waals surface area contributed by atoms with Crippen molar-refractivity contribution in [1.29, 1.82) is 0 Å². The van der Waals surface area contributed by atoms with E-state index in [0.29, 0.717) is 44.2 Å². The Hall–Kier alpha value is -3.48. The van der Waals surface area contributed by atoms with Crippen LogP contribution in [0.4, 0.5) is 0 Å². The minimum Gasteiger partial charge on any atom is -0.493 e. The normalized spacial score (nSPS) is 13.6. The number of hydrogen-bond donors (Lipinski definition) is 1. The zero-order valence-electron chi connectivity index (χ0n) is 17.7. The fourth-order valence-corrected chi connectivity index (χ4v) is 3.64. The van der Waals surface area contributed by atoms with Gasteiger partial charge in [-0.3, -0.25) is 9.59 Å². The quantitative estimate of drug-likeness (QED) is 0.591. The Kier molecular flexibility index (Phi) is 6.11. The van der Waals surface area contributed by atoms with Crippen LogP contribution in [0.5, 0.6) is 17.2 Å². The third-order valence-electron chi connectivity index (χ3n) is 5.37. The number of aromatic nitrogens is 1. The molecule has 31 heavy (non-hydrogen) atoms. The van der Waals surface area contributed by atoms with Crippen molar-refractivity contribution in [3.63, 3.8) is 0 Å². The molecule has 1 N–H and O–H groups in total. The fraction of sp³-hybridized carbons (Fsp3) is 0.333. The number of benzene rings is 2. The second-order valence-corrected chi connectivity index (χ2v) is 7.57. The summed E-state index contributed by atoms with van der Waals surface area (Å²) in [6, 6.07) is 14.7. The van der Waals surface area contributed by atoms with Gasteiger partial charge in [0.25, 0.3) is 5.56 Å². The highest BCUT2D eigenvalue weighted by Gasteiger charge is 2.16. The molecule has 0 fully saturated rings. The van der Waals surface area contributed by atoms with Gasteiger partial charge in [0.1, 0.15) is 19.0 Å². The van der Waals surface area contributed by atoms with E-state index in [-0.39, 0.29) is 17.5 Å². The van der Waals surface area contributed by atoms with Gasteiger partial charge in [0, 0.05) is 24.9 Å². The molecule has 7 heteroatoms. The predicted octanol–water partition coefficient (Wildman–Crippen LogP) is 3.35. The fourth-order valence-electron chi connectivity index (χ4n) is 3.64. The maximum Gasteiger partial charge on any atom is 0.254 e. The monoisotopic (exact) mass is 422 g/mol. The zero-order valence-corrected chi connectivity index (χ0v) is 17.7. The van der Waals surface area contributed by atoms with Gasteiger partial charge in [-0.15, -0.1) is 0 Å². The van der Waals surface area contributed by atoms with Crippen LogP contribution in [0.2, 0.25) is 0 Å². The van der Waals surface area contributed by atoms with Gasteiger partial charge in [-0.25, -0.2) is 0 Å². The number of rotatable bonds is 7. The molecule has 1 aromatic heterocycles. The Bertz CT molecular complexity index is 1150. The topological polar surface area (TPSA) is 78.8 Å². The Morgan fingerprint density at radius 3 is 2.74 bits per heavy atom.